The van der Waals surface area contributed by atoms with Gasteiger partial charge in [0.1, 0.15) is 12.0 Å². The molecule has 2 aromatic heterocycles. The molecule has 0 saturated heterocycles. The van der Waals surface area contributed by atoms with Gasteiger partial charge >= 0.3 is 0 Å². The zero-order valence-electron chi connectivity index (χ0n) is 6.57. The minimum absolute atomic E-state index is 0.998. The lowest BCUT2D eigenvalue weighted by Gasteiger charge is -1.94. The maximum absolute atomic E-state index is 4.15. The Bertz CT molecular complexity index is 389. The summed E-state index contributed by atoms with van der Waals surface area (Å²) in [7, 11) is 2.00. The van der Waals surface area contributed by atoms with E-state index in [1.165, 1.54) is 5.69 Å². The molecule has 11 heavy (non-hydrogen) atoms. The minimum atomic E-state index is 0.998. The molecule has 0 aliphatic rings. The van der Waals surface area contributed by atoms with Crippen molar-refractivity contribution in [3.63, 3.8) is 0 Å². The Morgan fingerprint density at radius 3 is 3.00 bits per heavy atom. The molecule has 2 aromatic rings. The van der Waals surface area contributed by atoms with Crippen molar-refractivity contribution in [3.05, 3.63) is 24.3 Å². The number of fused-ring (bicyclic) bond motifs is 1. The third kappa shape index (κ3) is 0.808. The van der Waals surface area contributed by atoms with Crippen LogP contribution in [0.3, 0.4) is 0 Å². The first kappa shape index (κ1) is 6.34. The van der Waals surface area contributed by atoms with Gasteiger partial charge in [0, 0.05) is 24.3 Å². The number of hydrogen-bond donors (Lipinski definition) is 0. The van der Waals surface area contributed by atoms with Gasteiger partial charge in [-0.3, -0.25) is 0 Å². The first-order chi connectivity index (χ1) is 5.29. The van der Waals surface area contributed by atoms with Crippen LogP contribution in [-0.4, -0.2) is 14.5 Å². The van der Waals surface area contributed by atoms with Crippen molar-refractivity contribution < 1.29 is 0 Å². The first-order valence-electron chi connectivity index (χ1n) is 3.51. The van der Waals surface area contributed by atoms with E-state index in [4.69, 9.17) is 0 Å². The predicted octanol–water partition coefficient (Wildman–Crippen LogP) is 1.28. The fourth-order valence-electron chi connectivity index (χ4n) is 1.20. The molecule has 3 nitrogen and oxygen atoms in total. The molecule has 0 aliphatic carbocycles. The number of rotatable bonds is 0. The first-order valence-corrected chi connectivity index (χ1v) is 3.51. The molecule has 0 spiro atoms. The normalized spacial score (nSPS) is 10.7. The van der Waals surface area contributed by atoms with Gasteiger partial charge in [-0.25, -0.2) is 9.97 Å². The Morgan fingerprint density at radius 2 is 2.27 bits per heavy atom. The van der Waals surface area contributed by atoms with Crippen LogP contribution >= 0.6 is 0 Å². The Labute approximate surface area is 64.7 Å². The zero-order valence-corrected chi connectivity index (χ0v) is 6.57. The van der Waals surface area contributed by atoms with Gasteiger partial charge in [-0.2, -0.15) is 0 Å². The predicted molar refractivity (Wildman–Crippen MR) is 43.2 cm³/mol. The van der Waals surface area contributed by atoms with Gasteiger partial charge in [0.05, 0.1) is 0 Å². The van der Waals surface area contributed by atoms with Gasteiger partial charge in [-0.05, 0) is 13.0 Å². The van der Waals surface area contributed by atoms with E-state index in [-0.39, 0.29) is 0 Å². The Morgan fingerprint density at radius 1 is 1.45 bits per heavy atom. The topological polar surface area (TPSA) is 30.7 Å². The van der Waals surface area contributed by atoms with Crippen LogP contribution in [0.25, 0.3) is 11.0 Å². The smallest absolute Gasteiger partial charge is 0.143 e. The second kappa shape index (κ2) is 2.05. The van der Waals surface area contributed by atoms with Crippen LogP contribution in [0.4, 0.5) is 0 Å². The summed E-state index contributed by atoms with van der Waals surface area (Å²) >= 11 is 0. The number of aryl methyl sites for hydroxylation is 2. The third-order valence-electron chi connectivity index (χ3n) is 1.93. The molecule has 0 aromatic carbocycles. The Kier molecular flexibility index (Phi) is 1.18. The van der Waals surface area contributed by atoms with Crippen molar-refractivity contribution in [2.24, 2.45) is 7.05 Å². The van der Waals surface area contributed by atoms with E-state index in [0.717, 1.165) is 11.0 Å². The summed E-state index contributed by atoms with van der Waals surface area (Å²) in [5.74, 6) is 0. The van der Waals surface area contributed by atoms with Crippen LogP contribution in [0.2, 0.25) is 0 Å². The summed E-state index contributed by atoms with van der Waals surface area (Å²) in [6.07, 6.45) is 3.40. The van der Waals surface area contributed by atoms with E-state index >= 15 is 0 Å². The average molecular weight is 147 g/mol. The highest BCUT2D eigenvalue weighted by Crippen LogP contribution is 2.13. The quantitative estimate of drug-likeness (QED) is 0.562. The van der Waals surface area contributed by atoms with Gasteiger partial charge in [-0.15, -0.1) is 0 Å². The van der Waals surface area contributed by atoms with Gasteiger partial charge in [0.25, 0.3) is 0 Å². The van der Waals surface area contributed by atoms with E-state index < -0.39 is 0 Å². The lowest BCUT2D eigenvalue weighted by molar-refractivity contribution is 0.899. The molecule has 0 unspecified atom stereocenters. The Balaban J connectivity index is 2.92. The molecule has 0 radical (unpaired) electrons. The van der Waals surface area contributed by atoms with Crippen molar-refractivity contribution in [3.8, 4) is 0 Å². The van der Waals surface area contributed by atoms with Crippen LogP contribution in [0, 0.1) is 6.92 Å². The van der Waals surface area contributed by atoms with Gasteiger partial charge in [0.15, 0.2) is 0 Å². The molecule has 0 atom stereocenters. The lowest BCUT2D eigenvalue weighted by Crippen LogP contribution is -1.91. The molecule has 0 saturated carbocycles. The van der Waals surface area contributed by atoms with Crippen molar-refractivity contribution in [2.75, 3.05) is 0 Å². The number of aromatic nitrogens is 3. The summed E-state index contributed by atoms with van der Waals surface area (Å²) in [5.41, 5.74) is 2.21. The van der Waals surface area contributed by atoms with Crippen LogP contribution in [-0.2, 0) is 7.05 Å². The highest BCUT2D eigenvalue weighted by atomic mass is 15.0. The molecular formula is C8H9N3. The van der Waals surface area contributed by atoms with Gasteiger partial charge < -0.3 is 4.57 Å². The number of hydrogen-bond acceptors (Lipinski definition) is 2. The molecule has 0 amide bonds. The zero-order chi connectivity index (χ0) is 7.84. The summed E-state index contributed by atoms with van der Waals surface area (Å²) in [6.45, 7) is 2.06. The largest absolute Gasteiger partial charge is 0.333 e. The monoisotopic (exact) mass is 147 g/mol. The molecule has 2 heterocycles. The number of nitrogens with zero attached hydrogens (tertiary/aromatic N) is 3. The summed E-state index contributed by atoms with van der Waals surface area (Å²) in [6, 6.07) is 2.08. The average Bonchev–Trinajstić information content (AvgIpc) is 2.30. The molecule has 0 fully saturated rings. The highest BCUT2D eigenvalue weighted by molar-refractivity contribution is 5.75. The minimum Gasteiger partial charge on any atom is -0.333 e. The maximum Gasteiger partial charge on any atom is 0.143 e. The molecule has 0 bridgehead atoms. The summed E-state index contributed by atoms with van der Waals surface area (Å²) in [4.78, 5) is 8.10. The van der Waals surface area contributed by atoms with Crippen molar-refractivity contribution in [1.29, 1.82) is 0 Å². The molecular weight excluding hydrogens is 138 g/mol. The lowest BCUT2D eigenvalue weighted by atomic mass is 10.4. The van der Waals surface area contributed by atoms with Crippen molar-refractivity contribution in [2.45, 2.75) is 6.92 Å². The van der Waals surface area contributed by atoms with E-state index in [9.17, 15) is 0 Å². The van der Waals surface area contributed by atoms with Crippen LogP contribution in [0.1, 0.15) is 5.69 Å². The van der Waals surface area contributed by atoms with Crippen LogP contribution in [0.15, 0.2) is 18.6 Å². The fourth-order valence-corrected chi connectivity index (χ4v) is 1.20. The molecule has 3 heteroatoms. The van der Waals surface area contributed by atoms with E-state index in [0.29, 0.717) is 0 Å². The van der Waals surface area contributed by atoms with Gasteiger partial charge in [0.2, 0.25) is 0 Å². The second-order valence-corrected chi connectivity index (χ2v) is 2.65. The molecule has 0 N–H and O–H groups in total. The standard InChI is InChI=1S/C8H9N3/c1-6-3-7-4-9-5-10-8(7)11(6)2/h3-5H,1-2H3. The highest BCUT2D eigenvalue weighted by Gasteiger charge is 2.00. The van der Waals surface area contributed by atoms with Crippen molar-refractivity contribution >= 4 is 11.0 Å². The fraction of sp³-hybridized carbons (Fsp3) is 0.250. The molecule has 2 rings (SSSR count). The van der Waals surface area contributed by atoms with E-state index in [1.807, 2.05) is 13.2 Å². The molecule has 0 aliphatic heterocycles. The second-order valence-electron chi connectivity index (χ2n) is 2.65. The van der Waals surface area contributed by atoms with Crippen LogP contribution in [0.5, 0.6) is 0 Å². The van der Waals surface area contributed by atoms with Crippen molar-refractivity contribution in [1.82, 2.24) is 14.5 Å². The summed E-state index contributed by atoms with van der Waals surface area (Å²) in [5, 5.41) is 1.10. The molecule has 56 valence electrons. The van der Waals surface area contributed by atoms with E-state index in [2.05, 4.69) is 27.5 Å². The SMILES string of the molecule is Cc1cc2cncnc2n1C. The van der Waals surface area contributed by atoms with Gasteiger partial charge in [-0.1, -0.05) is 0 Å². The van der Waals surface area contributed by atoms with Crippen LogP contribution < -0.4 is 0 Å². The van der Waals surface area contributed by atoms with E-state index in [1.54, 1.807) is 6.33 Å². The summed E-state index contributed by atoms with van der Waals surface area (Å²) < 4.78 is 2.05. The maximum atomic E-state index is 4.15. The Hall–Kier alpha value is -1.38. The third-order valence-corrected chi connectivity index (χ3v) is 1.93.